The largest absolute Gasteiger partial charge is 0.507 e. The molecule has 2 amide bonds. The lowest BCUT2D eigenvalue weighted by Gasteiger charge is -2.03. The summed E-state index contributed by atoms with van der Waals surface area (Å²) in [4.78, 5) is 23.2. The van der Waals surface area contributed by atoms with Crippen molar-refractivity contribution in [1.82, 2.24) is 16.2 Å². The second kappa shape index (κ2) is 10.3. The lowest BCUT2D eigenvalue weighted by atomic mass is 10.2. The highest BCUT2D eigenvalue weighted by Gasteiger charge is 2.03. The molecule has 0 heterocycles. The summed E-state index contributed by atoms with van der Waals surface area (Å²) >= 11 is 0. The van der Waals surface area contributed by atoms with E-state index in [1.807, 2.05) is 0 Å². The fourth-order valence-electron chi connectivity index (χ4n) is 1.91. The van der Waals surface area contributed by atoms with E-state index in [0.717, 1.165) is 0 Å². The average Bonchev–Trinajstić information content (AvgIpc) is 2.65. The van der Waals surface area contributed by atoms with Gasteiger partial charge in [0.05, 0.1) is 25.5 Å². The number of nitrogens with zero attached hydrogens (tertiary/aromatic N) is 2. The summed E-state index contributed by atoms with van der Waals surface area (Å²) in [7, 11) is 0. The Hall–Kier alpha value is -3.72. The maximum atomic E-state index is 11.6. The molecule has 0 aromatic heterocycles. The number of amides is 2. The third-order valence-electron chi connectivity index (χ3n) is 3.23. The lowest BCUT2D eigenvalue weighted by Crippen LogP contribution is -2.37. The van der Waals surface area contributed by atoms with Crippen LogP contribution in [0.3, 0.4) is 0 Å². The van der Waals surface area contributed by atoms with E-state index >= 15 is 0 Å². The number of para-hydroxylation sites is 2. The first kappa shape index (κ1) is 19.6. The molecule has 0 saturated heterocycles. The molecule has 0 aliphatic carbocycles. The van der Waals surface area contributed by atoms with Crippen molar-refractivity contribution >= 4 is 24.2 Å². The van der Waals surface area contributed by atoms with Gasteiger partial charge in [-0.1, -0.05) is 24.3 Å². The van der Waals surface area contributed by atoms with E-state index in [4.69, 9.17) is 0 Å². The average molecular weight is 369 g/mol. The molecule has 0 radical (unpaired) electrons. The van der Waals surface area contributed by atoms with Gasteiger partial charge in [0, 0.05) is 11.1 Å². The van der Waals surface area contributed by atoms with Gasteiger partial charge < -0.3 is 10.2 Å². The Kier molecular flexibility index (Phi) is 7.49. The fraction of sp³-hybridized carbons (Fsp3) is 0.111. The smallest absolute Gasteiger partial charge is 0.254 e. The first-order valence-corrected chi connectivity index (χ1v) is 7.97. The van der Waals surface area contributed by atoms with E-state index in [2.05, 4.69) is 26.4 Å². The van der Waals surface area contributed by atoms with Gasteiger partial charge in [0.25, 0.3) is 11.8 Å². The van der Waals surface area contributed by atoms with Crippen molar-refractivity contribution in [3.05, 3.63) is 59.7 Å². The van der Waals surface area contributed by atoms with Crippen LogP contribution in [0.1, 0.15) is 11.1 Å². The molecule has 2 rings (SSSR count). The first-order valence-electron chi connectivity index (χ1n) is 7.97. The summed E-state index contributed by atoms with van der Waals surface area (Å²) in [6, 6.07) is 13.1. The molecule has 0 aliphatic rings. The van der Waals surface area contributed by atoms with Crippen LogP contribution in [0, 0.1) is 0 Å². The molecule has 2 aromatic rings. The Bertz CT molecular complexity index is 782. The van der Waals surface area contributed by atoms with Gasteiger partial charge in [-0.25, -0.2) is 10.9 Å². The van der Waals surface area contributed by atoms with Crippen LogP contribution in [0.5, 0.6) is 11.5 Å². The molecule has 0 atom stereocenters. The van der Waals surface area contributed by atoms with Crippen LogP contribution in [0.15, 0.2) is 58.7 Å². The molecule has 140 valence electrons. The second-order valence-corrected chi connectivity index (χ2v) is 5.31. The van der Waals surface area contributed by atoms with Crippen molar-refractivity contribution < 1.29 is 19.8 Å². The standard InChI is InChI=1S/C18H19N5O4/c24-15-7-3-1-5-13(15)9-20-22-17(26)11-19-12-18(27)23-21-10-14-6-2-4-8-16(14)25/h1-10,19,24-25H,11-12H2,(H,22,26)(H,23,27)/b20-9+,21-10+. The van der Waals surface area contributed by atoms with Crippen LogP contribution >= 0.6 is 0 Å². The first-order chi connectivity index (χ1) is 13.1. The summed E-state index contributed by atoms with van der Waals surface area (Å²) in [5.74, 6) is -0.802. The van der Waals surface area contributed by atoms with Crippen LogP contribution in [-0.2, 0) is 9.59 Å². The Morgan fingerprint density at radius 1 is 0.778 bits per heavy atom. The van der Waals surface area contributed by atoms with E-state index in [0.29, 0.717) is 11.1 Å². The van der Waals surface area contributed by atoms with Crippen molar-refractivity contribution in [2.24, 2.45) is 10.2 Å². The van der Waals surface area contributed by atoms with E-state index in [1.165, 1.54) is 24.6 Å². The number of benzene rings is 2. The number of carbonyl (C=O) groups excluding carboxylic acids is 2. The zero-order valence-corrected chi connectivity index (χ0v) is 14.3. The van der Waals surface area contributed by atoms with Gasteiger partial charge in [0.2, 0.25) is 0 Å². The number of aromatic hydroxyl groups is 2. The number of rotatable bonds is 8. The predicted molar refractivity (Wildman–Crippen MR) is 101 cm³/mol. The Balaban J connectivity index is 1.65. The molecular formula is C18H19N5O4. The van der Waals surface area contributed by atoms with Crippen molar-refractivity contribution in [2.45, 2.75) is 0 Å². The molecule has 0 aliphatic heterocycles. The van der Waals surface area contributed by atoms with Gasteiger partial charge in [-0.05, 0) is 24.3 Å². The summed E-state index contributed by atoms with van der Waals surface area (Å²) in [6.45, 7) is -0.260. The monoisotopic (exact) mass is 369 g/mol. The Morgan fingerprint density at radius 2 is 1.19 bits per heavy atom. The van der Waals surface area contributed by atoms with Crippen molar-refractivity contribution in [3.8, 4) is 11.5 Å². The van der Waals surface area contributed by atoms with E-state index in [-0.39, 0.29) is 24.6 Å². The Morgan fingerprint density at radius 3 is 1.59 bits per heavy atom. The lowest BCUT2D eigenvalue weighted by molar-refractivity contribution is -0.121. The molecule has 2 aromatic carbocycles. The number of carbonyl (C=O) groups is 2. The molecule has 0 fully saturated rings. The Labute approximate surface area is 155 Å². The predicted octanol–water partition coefficient (Wildman–Crippen LogP) is 0.288. The normalized spacial score (nSPS) is 11.0. The topological polar surface area (TPSA) is 135 Å². The van der Waals surface area contributed by atoms with Crippen LogP contribution in [0.25, 0.3) is 0 Å². The minimum absolute atomic E-state index is 0.0506. The van der Waals surface area contributed by atoms with E-state index < -0.39 is 11.8 Å². The van der Waals surface area contributed by atoms with Crippen LogP contribution < -0.4 is 16.2 Å². The molecule has 27 heavy (non-hydrogen) atoms. The van der Waals surface area contributed by atoms with Crippen LogP contribution in [-0.4, -0.2) is 47.5 Å². The van der Waals surface area contributed by atoms with Gasteiger partial charge in [0.1, 0.15) is 11.5 Å². The van der Waals surface area contributed by atoms with Crippen molar-refractivity contribution in [3.63, 3.8) is 0 Å². The SMILES string of the molecule is O=C(CNCC(=O)N/N=C/c1ccccc1O)N/N=C/c1ccccc1O. The number of hydrogen-bond acceptors (Lipinski definition) is 7. The van der Waals surface area contributed by atoms with Crippen molar-refractivity contribution in [2.75, 3.05) is 13.1 Å². The minimum Gasteiger partial charge on any atom is -0.507 e. The zero-order chi connectivity index (χ0) is 19.5. The molecule has 0 unspecified atom stereocenters. The van der Waals surface area contributed by atoms with Crippen LogP contribution in [0.4, 0.5) is 0 Å². The quantitative estimate of drug-likeness (QED) is 0.337. The van der Waals surface area contributed by atoms with Gasteiger partial charge in [-0.15, -0.1) is 0 Å². The van der Waals surface area contributed by atoms with Gasteiger partial charge in [0.15, 0.2) is 0 Å². The molecule has 0 bridgehead atoms. The van der Waals surface area contributed by atoms with Gasteiger partial charge >= 0.3 is 0 Å². The minimum atomic E-state index is -0.452. The number of nitrogens with one attached hydrogen (secondary N) is 3. The number of hydrogen-bond donors (Lipinski definition) is 5. The van der Waals surface area contributed by atoms with Gasteiger partial charge in [-0.3, -0.25) is 14.9 Å². The van der Waals surface area contributed by atoms with E-state index in [9.17, 15) is 19.8 Å². The third kappa shape index (κ3) is 6.96. The molecule has 9 nitrogen and oxygen atoms in total. The maximum Gasteiger partial charge on any atom is 0.254 e. The summed E-state index contributed by atoms with van der Waals surface area (Å²) < 4.78 is 0. The number of phenols is 2. The maximum absolute atomic E-state index is 11.6. The van der Waals surface area contributed by atoms with Crippen molar-refractivity contribution in [1.29, 1.82) is 0 Å². The molecule has 9 heteroatoms. The van der Waals surface area contributed by atoms with Crippen LogP contribution in [0.2, 0.25) is 0 Å². The van der Waals surface area contributed by atoms with Gasteiger partial charge in [-0.2, -0.15) is 10.2 Å². The second-order valence-electron chi connectivity index (χ2n) is 5.31. The molecule has 5 N–H and O–H groups in total. The highest BCUT2D eigenvalue weighted by Crippen LogP contribution is 2.13. The summed E-state index contributed by atoms with van der Waals surface area (Å²) in [6.07, 6.45) is 2.63. The molecular weight excluding hydrogens is 350 g/mol. The van der Waals surface area contributed by atoms with E-state index in [1.54, 1.807) is 36.4 Å². The summed E-state index contributed by atoms with van der Waals surface area (Å²) in [5.41, 5.74) is 5.47. The fourth-order valence-corrected chi connectivity index (χ4v) is 1.91. The highest BCUT2D eigenvalue weighted by molar-refractivity contribution is 5.86. The number of hydrazone groups is 2. The molecule has 0 spiro atoms. The highest BCUT2D eigenvalue weighted by atomic mass is 16.3. The third-order valence-corrected chi connectivity index (χ3v) is 3.23. The number of phenolic OH excluding ortho intramolecular Hbond substituents is 2. The zero-order valence-electron chi connectivity index (χ0n) is 14.3. The summed E-state index contributed by atoms with van der Waals surface area (Å²) in [5, 5.41) is 29.2. The molecule has 0 saturated carbocycles.